The van der Waals surface area contributed by atoms with E-state index in [1.54, 1.807) is 24.7 Å². The van der Waals surface area contributed by atoms with Gasteiger partial charge in [0.05, 0.1) is 31.1 Å². The molecule has 31 heavy (non-hydrogen) atoms. The van der Waals surface area contributed by atoms with E-state index in [9.17, 15) is 9.18 Å². The molecule has 3 aliphatic rings. The van der Waals surface area contributed by atoms with E-state index in [4.69, 9.17) is 9.47 Å². The molecular formula is C23H29FN4O3. The first-order valence-corrected chi connectivity index (χ1v) is 11.1. The smallest absolute Gasteiger partial charge is 0.225 e. The number of halogens is 1. The van der Waals surface area contributed by atoms with Crippen molar-refractivity contribution in [2.45, 2.75) is 25.4 Å². The van der Waals surface area contributed by atoms with E-state index in [0.29, 0.717) is 25.6 Å². The molecule has 3 aliphatic heterocycles. The highest BCUT2D eigenvalue weighted by Gasteiger charge is 2.49. The zero-order valence-electron chi connectivity index (χ0n) is 17.8. The lowest BCUT2D eigenvalue weighted by molar-refractivity contribution is -0.126. The first kappa shape index (κ1) is 20.5. The molecule has 1 aromatic carbocycles. The van der Waals surface area contributed by atoms with Crippen LogP contribution in [0.4, 0.5) is 4.39 Å². The number of imidazole rings is 1. The van der Waals surface area contributed by atoms with E-state index in [2.05, 4.69) is 15.2 Å². The van der Waals surface area contributed by atoms with Gasteiger partial charge in [-0.25, -0.2) is 9.37 Å². The molecule has 5 rings (SSSR count). The van der Waals surface area contributed by atoms with E-state index >= 15 is 0 Å². The van der Waals surface area contributed by atoms with Gasteiger partial charge in [-0.2, -0.15) is 0 Å². The summed E-state index contributed by atoms with van der Waals surface area (Å²) in [4.78, 5) is 19.7. The van der Waals surface area contributed by atoms with Crippen molar-refractivity contribution in [2.75, 3.05) is 32.9 Å². The van der Waals surface area contributed by atoms with Crippen molar-refractivity contribution in [3.63, 3.8) is 0 Å². The number of carbonyl (C=O) groups is 1. The molecule has 1 aromatic heterocycles. The minimum Gasteiger partial charge on any atom is -0.493 e. The second-order valence-electron chi connectivity index (χ2n) is 8.93. The number of carbonyl (C=O) groups excluding carboxylic acids is 1. The third kappa shape index (κ3) is 4.06. The highest BCUT2D eigenvalue weighted by Crippen LogP contribution is 2.48. The van der Waals surface area contributed by atoms with Crippen LogP contribution < -0.4 is 10.1 Å². The molecule has 1 amide bonds. The third-order valence-corrected chi connectivity index (χ3v) is 7.00. The highest BCUT2D eigenvalue weighted by atomic mass is 19.1. The number of benzene rings is 1. The van der Waals surface area contributed by atoms with E-state index in [-0.39, 0.29) is 29.6 Å². The molecule has 0 radical (unpaired) electrons. The molecular weight excluding hydrogens is 399 g/mol. The fourth-order valence-electron chi connectivity index (χ4n) is 5.28. The quantitative estimate of drug-likeness (QED) is 0.792. The van der Waals surface area contributed by atoms with E-state index in [0.717, 1.165) is 49.6 Å². The lowest BCUT2D eigenvalue weighted by atomic mass is 9.84. The van der Waals surface area contributed by atoms with Crippen LogP contribution in [-0.4, -0.2) is 53.3 Å². The van der Waals surface area contributed by atoms with Crippen LogP contribution in [0.15, 0.2) is 30.7 Å². The third-order valence-electron chi connectivity index (χ3n) is 7.00. The summed E-state index contributed by atoms with van der Waals surface area (Å²) in [6, 6.07) is 4.73. The number of rotatable bonds is 5. The Bertz CT molecular complexity index is 943. The second-order valence-corrected chi connectivity index (χ2v) is 8.93. The number of nitrogens with zero attached hydrogens (tertiary/aromatic N) is 3. The molecule has 0 bridgehead atoms. The minimum absolute atomic E-state index is 0.000628. The predicted molar refractivity (Wildman–Crippen MR) is 112 cm³/mol. The van der Waals surface area contributed by atoms with E-state index in [1.807, 2.05) is 11.6 Å². The van der Waals surface area contributed by atoms with Crippen molar-refractivity contribution in [3.8, 4) is 5.75 Å². The first-order valence-electron chi connectivity index (χ1n) is 11.1. The van der Waals surface area contributed by atoms with Crippen LogP contribution in [0, 0.1) is 23.6 Å². The second kappa shape index (κ2) is 8.59. The van der Waals surface area contributed by atoms with Crippen molar-refractivity contribution < 1.29 is 18.7 Å². The molecule has 166 valence electrons. The summed E-state index contributed by atoms with van der Waals surface area (Å²) in [7, 11) is 1.91. The van der Waals surface area contributed by atoms with Gasteiger partial charge in [0.2, 0.25) is 5.91 Å². The number of likely N-dealkylation sites (tertiary alicyclic amines) is 1. The van der Waals surface area contributed by atoms with E-state index < -0.39 is 0 Å². The lowest BCUT2D eigenvalue weighted by Crippen LogP contribution is -2.38. The van der Waals surface area contributed by atoms with Gasteiger partial charge in [-0.05, 0) is 37.0 Å². The number of hydrogen-bond acceptors (Lipinski definition) is 5. The fourth-order valence-corrected chi connectivity index (χ4v) is 5.28. The van der Waals surface area contributed by atoms with Crippen LogP contribution in [0.2, 0.25) is 0 Å². The van der Waals surface area contributed by atoms with Crippen molar-refractivity contribution in [1.29, 1.82) is 0 Å². The van der Waals surface area contributed by atoms with Crippen LogP contribution in [0.5, 0.6) is 5.75 Å². The number of aryl methyl sites for hydroxylation is 1. The summed E-state index contributed by atoms with van der Waals surface area (Å²) >= 11 is 0. The van der Waals surface area contributed by atoms with Crippen LogP contribution in [0.3, 0.4) is 0 Å². The maximum Gasteiger partial charge on any atom is 0.225 e. The van der Waals surface area contributed by atoms with Crippen molar-refractivity contribution in [1.82, 2.24) is 19.8 Å². The van der Waals surface area contributed by atoms with Gasteiger partial charge in [-0.15, -0.1) is 0 Å². The van der Waals surface area contributed by atoms with E-state index in [1.165, 1.54) is 6.07 Å². The molecule has 0 unspecified atom stereocenters. The van der Waals surface area contributed by atoms with Crippen molar-refractivity contribution >= 4 is 5.91 Å². The van der Waals surface area contributed by atoms with Gasteiger partial charge in [0.15, 0.2) is 0 Å². The van der Waals surface area contributed by atoms with Gasteiger partial charge in [-0.3, -0.25) is 9.69 Å². The molecule has 4 heterocycles. The largest absolute Gasteiger partial charge is 0.493 e. The molecule has 1 N–H and O–H groups in total. The summed E-state index contributed by atoms with van der Waals surface area (Å²) in [6.07, 6.45) is 5.54. The molecule has 2 fully saturated rings. The molecule has 0 aliphatic carbocycles. The van der Waals surface area contributed by atoms with Gasteiger partial charge in [0.25, 0.3) is 0 Å². The Morgan fingerprint density at radius 3 is 2.94 bits per heavy atom. The minimum atomic E-state index is -0.266. The molecule has 8 heteroatoms. The SMILES string of the molecule is Cn1cncc1CNC(=O)[C@@H]1CN(CC2CCOCC2)[C@H]2c3cc(F)ccc3OC[C@@H]12. The number of fused-ring (bicyclic) bond motifs is 3. The van der Waals surface area contributed by atoms with Crippen molar-refractivity contribution in [3.05, 3.63) is 47.8 Å². The van der Waals surface area contributed by atoms with Crippen LogP contribution in [0.1, 0.15) is 30.1 Å². The van der Waals surface area contributed by atoms with Crippen LogP contribution in [0.25, 0.3) is 0 Å². The number of hydrogen-bond donors (Lipinski definition) is 1. The highest BCUT2D eigenvalue weighted by molar-refractivity contribution is 5.80. The number of aromatic nitrogens is 2. The first-order chi connectivity index (χ1) is 15.1. The van der Waals surface area contributed by atoms with Crippen LogP contribution in [-0.2, 0) is 23.1 Å². The average molecular weight is 429 g/mol. The Kier molecular flexibility index (Phi) is 5.67. The van der Waals surface area contributed by atoms with Gasteiger partial charge >= 0.3 is 0 Å². The number of ether oxygens (including phenoxy) is 2. The van der Waals surface area contributed by atoms with Gasteiger partial charge in [0.1, 0.15) is 11.6 Å². The summed E-state index contributed by atoms with van der Waals surface area (Å²) in [6.45, 7) is 4.03. The van der Waals surface area contributed by atoms with Crippen molar-refractivity contribution in [2.24, 2.45) is 24.8 Å². The maximum atomic E-state index is 14.1. The molecule has 3 atom stereocenters. The number of amides is 1. The summed E-state index contributed by atoms with van der Waals surface area (Å²) in [5.41, 5.74) is 1.82. The monoisotopic (exact) mass is 428 g/mol. The Morgan fingerprint density at radius 2 is 2.16 bits per heavy atom. The van der Waals surface area contributed by atoms with Crippen LogP contribution >= 0.6 is 0 Å². The predicted octanol–water partition coefficient (Wildman–Crippen LogP) is 2.28. The Morgan fingerprint density at radius 1 is 1.32 bits per heavy atom. The zero-order valence-corrected chi connectivity index (χ0v) is 17.8. The standard InChI is InChI=1S/C23H29FN4O3/c1-27-14-25-9-17(27)10-26-23(29)19-12-28(11-15-4-6-30-7-5-15)22-18-8-16(24)2-3-21(18)31-13-20(19)22/h2-3,8-9,14-15,19-20,22H,4-7,10-13H2,1H3,(H,26,29)/t19-,20+,22+/m1/s1. The normalized spacial score (nSPS) is 26.2. The molecule has 0 spiro atoms. The lowest BCUT2D eigenvalue weighted by Gasteiger charge is -2.36. The number of nitrogens with one attached hydrogen (secondary N) is 1. The topological polar surface area (TPSA) is 68.6 Å². The fraction of sp³-hybridized carbons (Fsp3) is 0.565. The maximum absolute atomic E-state index is 14.1. The Balaban J connectivity index is 1.37. The average Bonchev–Trinajstić information content (AvgIpc) is 3.36. The molecule has 2 aromatic rings. The van der Waals surface area contributed by atoms with Gasteiger partial charge < -0.3 is 19.4 Å². The molecule has 7 nitrogen and oxygen atoms in total. The Hall–Kier alpha value is -2.45. The Labute approximate surface area is 181 Å². The summed E-state index contributed by atoms with van der Waals surface area (Å²) in [5.74, 6) is 0.823. The zero-order chi connectivity index (χ0) is 21.4. The van der Waals surface area contributed by atoms with Gasteiger partial charge in [-0.1, -0.05) is 0 Å². The van der Waals surface area contributed by atoms with Gasteiger partial charge in [0, 0.05) is 57.1 Å². The molecule has 0 saturated carbocycles. The molecule has 2 saturated heterocycles. The summed E-state index contributed by atoms with van der Waals surface area (Å²) in [5, 5.41) is 3.08. The summed E-state index contributed by atoms with van der Waals surface area (Å²) < 4.78 is 27.5.